The molecule has 8 heavy (non-hydrogen) atoms. The Balaban J connectivity index is 2.28. The van der Waals surface area contributed by atoms with Gasteiger partial charge in [0.15, 0.2) is 0 Å². The Morgan fingerprint density at radius 1 is 1.38 bits per heavy atom. The molecule has 0 nitrogen and oxygen atoms in total. The highest BCUT2D eigenvalue weighted by molar-refractivity contribution is 6.35. The molecule has 2 heteroatoms. The van der Waals surface area contributed by atoms with Gasteiger partial charge in [0, 0.05) is 0 Å². The molecule has 1 radical (unpaired) electrons. The van der Waals surface area contributed by atoms with Crippen molar-refractivity contribution < 1.29 is 0 Å². The van der Waals surface area contributed by atoms with Crippen LogP contribution < -0.4 is 0 Å². The molecule has 0 heterocycles. The zero-order valence-electron chi connectivity index (χ0n) is 4.66. The van der Waals surface area contributed by atoms with Gasteiger partial charge in [-0.2, -0.15) is 0 Å². The van der Waals surface area contributed by atoms with Crippen molar-refractivity contribution >= 4 is 23.2 Å². The van der Waals surface area contributed by atoms with Crippen LogP contribution in [-0.4, -0.2) is 5.38 Å². The summed E-state index contributed by atoms with van der Waals surface area (Å²) in [5.41, 5.74) is 0. The van der Waals surface area contributed by atoms with E-state index in [9.17, 15) is 0 Å². The topological polar surface area (TPSA) is 0 Å². The van der Waals surface area contributed by atoms with Gasteiger partial charge in [0.25, 0.3) is 0 Å². The van der Waals surface area contributed by atoms with Crippen LogP contribution in [0.5, 0.6) is 0 Å². The molecule has 0 N–H and O–H groups in total. The largest absolute Gasteiger partial charge is 0.121 e. The SMILES string of the molecule is Cl[C]1CCCCC1Cl. The number of alkyl halides is 1. The van der Waals surface area contributed by atoms with Gasteiger partial charge >= 0.3 is 0 Å². The quantitative estimate of drug-likeness (QED) is 0.468. The summed E-state index contributed by atoms with van der Waals surface area (Å²) in [6, 6.07) is 0. The highest BCUT2D eigenvalue weighted by Crippen LogP contribution is 2.32. The first-order valence-electron chi connectivity index (χ1n) is 2.96. The van der Waals surface area contributed by atoms with Gasteiger partial charge in [-0.15, -0.1) is 23.2 Å². The van der Waals surface area contributed by atoms with Gasteiger partial charge in [-0.1, -0.05) is 12.8 Å². The molecule has 1 saturated carbocycles. The third kappa shape index (κ3) is 1.53. The number of hydrogen-bond donors (Lipinski definition) is 0. The van der Waals surface area contributed by atoms with E-state index in [2.05, 4.69) is 0 Å². The number of hydrogen-bond acceptors (Lipinski definition) is 0. The summed E-state index contributed by atoms with van der Waals surface area (Å²) in [7, 11) is 0. The van der Waals surface area contributed by atoms with Gasteiger partial charge in [-0.25, -0.2) is 0 Å². The van der Waals surface area contributed by atoms with Crippen LogP contribution in [0.3, 0.4) is 0 Å². The molecule has 0 aromatic rings. The fraction of sp³-hybridized carbons (Fsp3) is 0.833. The van der Waals surface area contributed by atoms with Gasteiger partial charge in [-0.05, 0) is 12.8 Å². The average molecular weight is 152 g/mol. The first-order chi connectivity index (χ1) is 3.80. The van der Waals surface area contributed by atoms with Crippen LogP contribution in [-0.2, 0) is 0 Å². The molecule has 0 bridgehead atoms. The van der Waals surface area contributed by atoms with E-state index in [-0.39, 0.29) is 5.38 Å². The number of rotatable bonds is 0. The number of halogens is 2. The second kappa shape index (κ2) is 2.93. The zero-order valence-corrected chi connectivity index (χ0v) is 6.17. The van der Waals surface area contributed by atoms with Crippen LogP contribution in [0, 0.1) is 5.38 Å². The van der Waals surface area contributed by atoms with Crippen LogP contribution in [0.2, 0.25) is 0 Å². The van der Waals surface area contributed by atoms with Crippen molar-refractivity contribution in [3.63, 3.8) is 0 Å². The Labute approximate surface area is 60.2 Å². The van der Waals surface area contributed by atoms with Crippen molar-refractivity contribution in [1.29, 1.82) is 0 Å². The minimum Gasteiger partial charge on any atom is -0.121 e. The predicted octanol–water partition coefficient (Wildman–Crippen LogP) is 2.94. The minimum atomic E-state index is 0.158. The Morgan fingerprint density at radius 3 is 2.50 bits per heavy atom. The molecule has 1 aliphatic carbocycles. The van der Waals surface area contributed by atoms with Gasteiger partial charge in [0.1, 0.15) is 0 Å². The van der Waals surface area contributed by atoms with Crippen molar-refractivity contribution in [3.05, 3.63) is 5.38 Å². The van der Waals surface area contributed by atoms with E-state index in [0.29, 0.717) is 0 Å². The van der Waals surface area contributed by atoms with E-state index >= 15 is 0 Å². The normalized spacial score (nSPS) is 33.0. The second-order valence-corrected chi connectivity index (χ2v) is 3.17. The highest BCUT2D eigenvalue weighted by atomic mass is 35.5. The van der Waals surface area contributed by atoms with Crippen molar-refractivity contribution in [2.24, 2.45) is 0 Å². The van der Waals surface area contributed by atoms with E-state index in [4.69, 9.17) is 23.2 Å². The molecule has 0 amide bonds. The van der Waals surface area contributed by atoms with Crippen LogP contribution >= 0.6 is 23.2 Å². The summed E-state index contributed by atoms with van der Waals surface area (Å²) in [5, 5.41) is 1.11. The molecule has 1 unspecified atom stereocenters. The third-order valence-corrected chi connectivity index (χ3v) is 2.51. The Hall–Kier alpha value is 0.580. The van der Waals surface area contributed by atoms with E-state index in [1.807, 2.05) is 0 Å². The molecule has 0 saturated heterocycles. The van der Waals surface area contributed by atoms with Gasteiger partial charge in [0.05, 0.1) is 10.8 Å². The Morgan fingerprint density at radius 2 is 2.12 bits per heavy atom. The molecule has 1 atom stereocenters. The summed E-state index contributed by atoms with van der Waals surface area (Å²) in [6.45, 7) is 0. The van der Waals surface area contributed by atoms with Crippen LogP contribution in [0.15, 0.2) is 0 Å². The first-order valence-corrected chi connectivity index (χ1v) is 3.77. The molecule has 0 aromatic heterocycles. The molecule has 0 aliphatic heterocycles. The summed E-state index contributed by atoms with van der Waals surface area (Å²) >= 11 is 11.5. The van der Waals surface area contributed by atoms with Gasteiger partial charge in [0.2, 0.25) is 0 Å². The fourth-order valence-corrected chi connectivity index (χ4v) is 1.44. The molecule has 1 rings (SSSR count). The summed E-state index contributed by atoms with van der Waals surface area (Å²) < 4.78 is 0. The molecular formula is C6H9Cl2. The molecular weight excluding hydrogens is 143 g/mol. The first kappa shape index (κ1) is 6.70. The maximum Gasteiger partial charge on any atom is 0.0815 e. The van der Waals surface area contributed by atoms with Crippen molar-refractivity contribution in [2.75, 3.05) is 0 Å². The van der Waals surface area contributed by atoms with E-state index in [1.54, 1.807) is 0 Å². The van der Waals surface area contributed by atoms with E-state index in [0.717, 1.165) is 18.2 Å². The van der Waals surface area contributed by atoms with Gasteiger partial charge < -0.3 is 0 Å². The summed E-state index contributed by atoms with van der Waals surface area (Å²) in [4.78, 5) is 0. The zero-order chi connectivity index (χ0) is 5.98. The fourth-order valence-electron chi connectivity index (χ4n) is 0.931. The lowest BCUT2D eigenvalue weighted by Crippen LogP contribution is -2.11. The lowest BCUT2D eigenvalue weighted by atomic mass is 10.00. The van der Waals surface area contributed by atoms with Crippen molar-refractivity contribution in [1.82, 2.24) is 0 Å². The van der Waals surface area contributed by atoms with E-state index < -0.39 is 0 Å². The Kier molecular flexibility index (Phi) is 2.45. The predicted molar refractivity (Wildman–Crippen MR) is 37.2 cm³/mol. The minimum absolute atomic E-state index is 0.158. The van der Waals surface area contributed by atoms with Crippen molar-refractivity contribution in [3.8, 4) is 0 Å². The van der Waals surface area contributed by atoms with Gasteiger partial charge in [-0.3, -0.25) is 0 Å². The maximum atomic E-state index is 5.80. The second-order valence-electron chi connectivity index (χ2n) is 2.16. The van der Waals surface area contributed by atoms with Crippen molar-refractivity contribution in [2.45, 2.75) is 31.1 Å². The van der Waals surface area contributed by atoms with E-state index in [1.165, 1.54) is 12.8 Å². The third-order valence-electron chi connectivity index (χ3n) is 1.46. The van der Waals surface area contributed by atoms with Crippen LogP contribution in [0.1, 0.15) is 25.7 Å². The standard InChI is InChI=1S/C6H9Cl2/c7-5-3-1-2-4-6(5)8/h5H,1-4H2. The molecule has 1 fully saturated rings. The Bertz CT molecular complexity index is 62.9. The highest BCUT2D eigenvalue weighted by Gasteiger charge is 2.20. The van der Waals surface area contributed by atoms with Crippen LogP contribution in [0.25, 0.3) is 0 Å². The summed E-state index contributed by atoms with van der Waals surface area (Å²) in [5.74, 6) is 0. The molecule has 47 valence electrons. The molecule has 0 spiro atoms. The van der Waals surface area contributed by atoms with Crippen LogP contribution in [0.4, 0.5) is 0 Å². The summed E-state index contributed by atoms with van der Waals surface area (Å²) in [6.07, 6.45) is 4.56. The molecule has 0 aromatic carbocycles. The lowest BCUT2D eigenvalue weighted by Gasteiger charge is -2.19. The monoisotopic (exact) mass is 151 g/mol. The lowest BCUT2D eigenvalue weighted by molar-refractivity contribution is 0.581. The molecule has 1 aliphatic rings. The smallest absolute Gasteiger partial charge is 0.0815 e. The maximum absolute atomic E-state index is 5.80. The average Bonchev–Trinajstić information content (AvgIpc) is 1.77.